The lowest BCUT2D eigenvalue weighted by molar-refractivity contribution is -0.161. The SMILES string of the molecule is CCCCCCCCCCCCC(=O)OC[C@H](COP(=O)(O)OC[C@H](O)COP(=O)(O)OC[C@@H](COC(=O)CCCCCCCCCCCCCCCCC(C)C)OC(=O)CCCCCCCCCCCCCCCCCCC(C)C)OC(=O)CCCCCCCCCCCCC(C)CC. The van der Waals surface area contributed by atoms with Crippen LogP contribution in [-0.2, 0) is 65.4 Å². The van der Waals surface area contributed by atoms with Crippen molar-refractivity contribution in [1.29, 1.82) is 0 Å². The molecule has 0 fully saturated rings. The maximum Gasteiger partial charge on any atom is 0.472 e. The number of aliphatic hydroxyl groups excluding tert-OH is 1. The lowest BCUT2D eigenvalue weighted by Gasteiger charge is -2.21. The first-order valence-corrected chi connectivity index (χ1v) is 44.9. The maximum absolute atomic E-state index is 13.1. The first-order valence-electron chi connectivity index (χ1n) is 41.9. The zero-order valence-electron chi connectivity index (χ0n) is 65.7. The van der Waals surface area contributed by atoms with Gasteiger partial charge in [-0.2, -0.15) is 0 Å². The number of hydrogen-bond acceptors (Lipinski definition) is 15. The molecule has 0 aromatic carbocycles. The first-order chi connectivity index (χ1) is 48.3. The molecule has 594 valence electrons. The van der Waals surface area contributed by atoms with Crippen LogP contribution in [0.4, 0.5) is 0 Å². The largest absolute Gasteiger partial charge is 0.472 e. The van der Waals surface area contributed by atoms with E-state index in [2.05, 4.69) is 48.5 Å². The Morgan fingerprint density at radius 1 is 0.290 bits per heavy atom. The fraction of sp³-hybridized carbons (Fsp3) is 0.951. The van der Waals surface area contributed by atoms with E-state index < -0.39 is 97.5 Å². The molecule has 0 aliphatic rings. The highest BCUT2D eigenvalue weighted by molar-refractivity contribution is 7.47. The van der Waals surface area contributed by atoms with E-state index in [1.54, 1.807) is 0 Å². The minimum Gasteiger partial charge on any atom is -0.462 e. The molecule has 3 unspecified atom stereocenters. The van der Waals surface area contributed by atoms with Gasteiger partial charge in [0.1, 0.15) is 19.3 Å². The minimum absolute atomic E-state index is 0.106. The summed E-state index contributed by atoms with van der Waals surface area (Å²) in [6, 6.07) is 0. The second-order valence-electron chi connectivity index (χ2n) is 30.4. The van der Waals surface area contributed by atoms with Gasteiger partial charge in [0.2, 0.25) is 0 Å². The lowest BCUT2D eigenvalue weighted by atomic mass is 9.99. The molecule has 0 aliphatic carbocycles. The zero-order valence-corrected chi connectivity index (χ0v) is 67.5. The van der Waals surface area contributed by atoms with Crippen molar-refractivity contribution in [3.8, 4) is 0 Å². The fourth-order valence-corrected chi connectivity index (χ4v) is 14.0. The number of carbonyl (C=O) groups is 4. The predicted molar refractivity (Wildman–Crippen MR) is 409 cm³/mol. The Morgan fingerprint density at radius 3 is 0.760 bits per heavy atom. The Kier molecular flexibility index (Phi) is 69.9. The van der Waals surface area contributed by atoms with E-state index in [9.17, 15) is 43.2 Å². The van der Waals surface area contributed by atoms with Gasteiger partial charge in [0.05, 0.1) is 26.4 Å². The van der Waals surface area contributed by atoms with Gasteiger partial charge in [0, 0.05) is 25.7 Å². The number of hydrogen-bond donors (Lipinski definition) is 3. The van der Waals surface area contributed by atoms with Crippen LogP contribution in [0.5, 0.6) is 0 Å². The van der Waals surface area contributed by atoms with Gasteiger partial charge in [-0.25, -0.2) is 9.13 Å². The van der Waals surface area contributed by atoms with E-state index in [0.29, 0.717) is 25.7 Å². The number of esters is 4. The van der Waals surface area contributed by atoms with Gasteiger partial charge in [0.15, 0.2) is 12.2 Å². The summed E-state index contributed by atoms with van der Waals surface area (Å²) >= 11 is 0. The van der Waals surface area contributed by atoms with Gasteiger partial charge >= 0.3 is 39.5 Å². The fourth-order valence-electron chi connectivity index (χ4n) is 12.5. The highest BCUT2D eigenvalue weighted by atomic mass is 31.2. The Hall–Kier alpha value is -1.94. The predicted octanol–water partition coefficient (Wildman–Crippen LogP) is 24.1. The Bertz CT molecular complexity index is 1940. The molecule has 0 spiro atoms. The molecule has 19 heteroatoms. The van der Waals surface area contributed by atoms with Crippen molar-refractivity contribution in [2.24, 2.45) is 17.8 Å². The van der Waals surface area contributed by atoms with Crippen LogP contribution in [0.15, 0.2) is 0 Å². The average Bonchev–Trinajstić information content (AvgIpc) is 0.924. The molecule has 0 radical (unpaired) electrons. The van der Waals surface area contributed by atoms with E-state index in [0.717, 1.165) is 108 Å². The molecule has 0 rings (SSSR count). The van der Waals surface area contributed by atoms with Crippen LogP contribution in [0.25, 0.3) is 0 Å². The highest BCUT2D eigenvalue weighted by Crippen LogP contribution is 2.45. The molecule has 0 bridgehead atoms. The van der Waals surface area contributed by atoms with Crippen LogP contribution in [0, 0.1) is 17.8 Å². The molecule has 0 heterocycles. The van der Waals surface area contributed by atoms with Crippen molar-refractivity contribution in [2.75, 3.05) is 39.6 Å². The van der Waals surface area contributed by atoms with Crippen molar-refractivity contribution in [3.63, 3.8) is 0 Å². The molecule has 0 saturated heterocycles. The standard InChI is InChI=1S/C81H158O17P2/c1-8-10-11-12-13-14-34-41-48-55-62-78(83)91-68-76(98-81(86)65-58-51-44-37-30-29-33-40-47-54-61-74(7)9-2)70-95-99(87,88)93-66-75(82)67-94-100(89,90)96-71-77(69-92-79(84)63-56-49-42-35-27-23-20-19-22-26-32-39-46-53-60-73(5)6)97-80(85)64-57-50-43-36-28-24-18-16-15-17-21-25-31-38-45-52-59-72(3)4/h72-77,82H,8-71H2,1-7H3,(H,87,88)(H,89,90)/t74?,75-,76+,77+/m0/s1. The van der Waals surface area contributed by atoms with Gasteiger partial charge in [-0.3, -0.25) is 37.3 Å². The molecule has 0 amide bonds. The number of aliphatic hydroxyl groups is 1. The average molecular weight is 1470 g/mol. The van der Waals surface area contributed by atoms with Gasteiger partial charge < -0.3 is 33.8 Å². The Balaban J connectivity index is 5.24. The number of carbonyl (C=O) groups excluding carboxylic acids is 4. The molecule has 6 atom stereocenters. The summed E-state index contributed by atoms with van der Waals surface area (Å²) in [5.41, 5.74) is 0. The van der Waals surface area contributed by atoms with Crippen LogP contribution in [-0.4, -0.2) is 96.7 Å². The van der Waals surface area contributed by atoms with E-state index in [-0.39, 0.29) is 25.7 Å². The highest BCUT2D eigenvalue weighted by Gasteiger charge is 2.30. The van der Waals surface area contributed by atoms with Crippen LogP contribution in [0.2, 0.25) is 0 Å². The zero-order chi connectivity index (χ0) is 73.7. The quantitative estimate of drug-likeness (QED) is 0.0222. The van der Waals surface area contributed by atoms with Crippen molar-refractivity contribution >= 4 is 39.5 Å². The number of phosphoric acid groups is 2. The Labute approximate surface area is 613 Å². The summed E-state index contributed by atoms with van der Waals surface area (Å²) in [6.45, 7) is 12.0. The van der Waals surface area contributed by atoms with E-state index in [1.165, 1.54) is 231 Å². The first kappa shape index (κ1) is 98.1. The van der Waals surface area contributed by atoms with Crippen LogP contribution >= 0.6 is 15.6 Å². The Morgan fingerprint density at radius 2 is 0.510 bits per heavy atom. The maximum atomic E-state index is 13.1. The van der Waals surface area contributed by atoms with Crippen molar-refractivity contribution in [2.45, 2.75) is 439 Å². The molecular weight excluding hydrogens is 1310 g/mol. The van der Waals surface area contributed by atoms with Gasteiger partial charge in [-0.1, -0.05) is 370 Å². The van der Waals surface area contributed by atoms with Crippen LogP contribution in [0.3, 0.4) is 0 Å². The number of ether oxygens (including phenoxy) is 4. The summed E-state index contributed by atoms with van der Waals surface area (Å²) in [7, 11) is -9.92. The molecule has 0 saturated carbocycles. The van der Waals surface area contributed by atoms with Crippen LogP contribution in [0.1, 0.15) is 421 Å². The second-order valence-corrected chi connectivity index (χ2v) is 33.3. The normalized spacial score (nSPS) is 14.2. The third kappa shape index (κ3) is 73.0. The van der Waals surface area contributed by atoms with E-state index in [1.807, 2.05) is 0 Å². The molecule has 0 aromatic rings. The minimum atomic E-state index is -4.96. The number of phosphoric ester groups is 2. The summed E-state index contributed by atoms with van der Waals surface area (Å²) < 4.78 is 68.7. The summed E-state index contributed by atoms with van der Waals surface area (Å²) in [5, 5.41) is 10.6. The summed E-state index contributed by atoms with van der Waals surface area (Å²) in [5.74, 6) is 0.301. The molecular formula is C81H158O17P2. The third-order valence-electron chi connectivity index (χ3n) is 19.2. The topological polar surface area (TPSA) is 237 Å². The smallest absolute Gasteiger partial charge is 0.462 e. The van der Waals surface area contributed by atoms with Gasteiger partial charge in [0.25, 0.3) is 0 Å². The molecule has 100 heavy (non-hydrogen) atoms. The second kappa shape index (κ2) is 71.3. The molecule has 3 N–H and O–H groups in total. The molecule has 0 aromatic heterocycles. The van der Waals surface area contributed by atoms with Gasteiger partial charge in [-0.05, 0) is 43.4 Å². The van der Waals surface area contributed by atoms with Crippen molar-refractivity contribution < 1.29 is 80.2 Å². The monoisotopic (exact) mass is 1470 g/mol. The molecule has 0 aliphatic heterocycles. The van der Waals surface area contributed by atoms with Crippen molar-refractivity contribution in [1.82, 2.24) is 0 Å². The number of unbranched alkanes of at least 4 members (excludes halogenated alkanes) is 46. The van der Waals surface area contributed by atoms with Crippen LogP contribution < -0.4 is 0 Å². The lowest BCUT2D eigenvalue weighted by Crippen LogP contribution is -2.30. The third-order valence-corrected chi connectivity index (χ3v) is 21.1. The van der Waals surface area contributed by atoms with Gasteiger partial charge in [-0.15, -0.1) is 0 Å². The van der Waals surface area contributed by atoms with E-state index in [4.69, 9.17) is 37.0 Å². The van der Waals surface area contributed by atoms with E-state index >= 15 is 0 Å². The van der Waals surface area contributed by atoms with Crippen molar-refractivity contribution in [3.05, 3.63) is 0 Å². The summed E-state index contributed by atoms with van der Waals surface area (Å²) in [6.07, 6.45) is 59.5. The molecule has 17 nitrogen and oxygen atoms in total. The number of rotatable bonds is 79. The summed E-state index contributed by atoms with van der Waals surface area (Å²) in [4.78, 5) is 73.0.